The fourth-order valence-corrected chi connectivity index (χ4v) is 4.22. The van der Waals surface area contributed by atoms with Crippen molar-refractivity contribution in [2.45, 2.75) is 53.4 Å². The van der Waals surface area contributed by atoms with E-state index in [2.05, 4.69) is 19.9 Å². The molecule has 0 bridgehead atoms. The van der Waals surface area contributed by atoms with Gasteiger partial charge in [-0.05, 0) is 25.2 Å². The molecule has 0 N–H and O–H groups in total. The van der Waals surface area contributed by atoms with Crippen molar-refractivity contribution in [1.82, 2.24) is 0 Å². The van der Waals surface area contributed by atoms with E-state index in [-0.39, 0.29) is 23.2 Å². The maximum Gasteiger partial charge on any atom is 0.302 e. The topological polar surface area (TPSA) is 43.4 Å². The number of esters is 1. The zero-order valence-corrected chi connectivity index (χ0v) is 13.1. The summed E-state index contributed by atoms with van der Waals surface area (Å²) < 4.78 is 5.15. The Hall–Kier alpha value is -1.12. The van der Waals surface area contributed by atoms with Gasteiger partial charge in [-0.15, -0.1) is 0 Å². The highest BCUT2D eigenvalue weighted by Gasteiger charge is 2.51. The minimum atomic E-state index is -0.266. The molecule has 0 unspecified atom stereocenters. The molecule has 112 valence electrons. The molecule has 4 atom stereocenters. The number of hydrogen-bond donors (Lipinski definition) is 0. The monoisotopic (exact) mass is 278 g/mol. The van der Waals surface area contributed by atoms with Gasteiger partial charge in [-0.1, -0.05) is 32.4 Å². The minimum absolute atomic E-state index is 0.0165. The van der Waals surface area contributed by atoms with Crippen molar-refractivity contribution >= 4 is 11.8 Å². The first-order valence-electron chi connectivity index (χ1n) is 7.73. The van der Waals surface area contributed by atoms with Crippen LogP contribution in [0.5, 0.6) is 0 Å². The van der Waals surface area contributed by atoms with Crippen LogP contribution in [-0.4, -0.2) is 18.4 Å². The third-order valence-corrected chi connectivity index (χ3v) is 5.46. The maximum atomic E-state index is 12.5. The van der Waals surface area contributed by atoms with Crippen LogP contribution in [0.4, 0.5) is 0 Å². The van der Waals surface area contributed by atoms with E-state index in [1.807, 2.05) is 6.92 Å². The molecule has 2 rings (SSSR count). The van der Waals surface area contributed by atoms with Crippen molar-refractivity contribution in [3.63, 3.8) is 0 Å². The van der Waals surface area contributed by atoms with E-state index in [0.717, 1.165) is 19.3 Å². The van der Waals surface area contributed by atoms with Crippen LogP contribution in [0.3, 0.4) is 0 Å². The summed E-state index contributed by atoms with van der Waals surface area (Å²) in [4.78, 5) is 23.5. The summed E-state index contributed by atoms with van der Waals surface area (Å²) in [6, 6.07) is 0. The molecule has 0 saturated heterocycles. The lowest BCUT2D eigenvalue weighted by atomic mass is 9.53. The quantitative estimate of drug-likeness (QED) is 0.586. The lowest BCUT2D eigenvalue weighted by Gasteiger charge is -2.51. The number of allylic oxidation sites excluding steroid dienone is 2. The van der Waals surface area contributed by atoms with E-state index >= 15 is 0 Å². The zero-order chi connectivity index (χ0) is 14.9. The van der Waals surface area contributed by atoms with Crippen LogP contribution in [0.25, 0.3) is 0 Å². The van der Waals surface area contributed by atoms with Gasteiger partial charge in [-0.25, -0.2) is 0 Å². The average Bonchev–Trinajstić information content (AvgIpc) is 2.38. The van der Waals surface area contributed by atoms with Crippen molar-refractivity contribution in [2.24, 2.45) is 23.2 Å². The fraction of sp³-hybridized carbons (Fsp3) is 0.765. The Morgan fingerprint density at radius 3 is 2.85 bits per heavy atom. The Morgan fingerprint density at radius 1 is 1.50 bits per heavy atom. The minimum Gasteiger partial charge on any atom is -0.466 e. The molecule has 1 fully saturated rings. The van der Waals surface area contributed by atoms with Gasteiger partial charge in [0.05, 0.1) is 6.61 Å². The molecular formula is C17H26O3. The fourth-order valence-electron chi connectivity index (χ4n) is 4.22. The van der Waals surface area contributed by atoms with Crippen LogP contribution < -0.4 is 0 Å². The van der Waals surface area contributed by atoms with E-state index in [4.69, 9.17) is 4.74 Å². The normalized spacial score (nSPS) is 35.0. The maximum absolute atomic E-state index is 12.5. The number of Topliss-reactive ketones (excluding diaryl/α,β-unsaturated/α-hetero) is 1. The molecule has 1 saturated carbocycles. The summed E-state index contributed by atoms with van der Waals surface area (Å²) in [7, 11) is 0. The molecule has 0 radical (unpaired) electrons. The number of carbonyl (C=O) groups is 2. The number of fused-ring (bicyclic) bond motifs is 1. The molecule has 0 heterocycles. The Bertz CT molecular complexity index is 438. The highest BCUT2D eigenvalue weighted by molar-refractivity contribution is 5.84. The smallest absolute Gasteiger partial charge is 0.302 e. The summed E-state index contributed by atoms with van der Waals surface area (Å²) >= 11 is 0. The Balaban J connectivity index is 2.27. The van der Waals surface area contributed by atoms with Gasteiger partial charge in [0.2, 0.25) is 0 Å². The van der Waals surface area contributed by atoms with Crippen molar-refractivity contribution in [3.05, 3.63) is 11.6 Å². The number of ether oxygens (including phenoxy) is 1. The second-order valence-corrected chi connectivity index (χ2v) is 6.71. The molecule has 0 spiro atoms. The molecular weight excluding hydrogens is 252 g/mol. The lowest BCUT2D eigenvalue weighted by molar-refractivity contribution is -0.146. The van der Waals surface area contributed by atoms with E-state index in [1.165, 1.54) is 12.5 Å². The Labute approximate surface area is 121 Å². The summed E-state index contributed by atoms with van der Waals surface area (Å²) in [5, 5.41) is 0. The second kappa shape index (κ2) is 5.71. The average molecular weight is 278 g/mol. The SMILES string of the molecule is CC(=O)OC[C@@H](C)[C@H]1C(=O)CCC2=CCC[C@H](C)[C@]21C. The molecule has 3 nitrogen and oxygen atoms in total. The van der Waals surface area contributed by atoms with E-state index in [9.17, 15) is 9.59 Å². The van der Waals surface area contributed by atoms with Gasteiger partial charge in [-0.3, -0.25) is 9.59 Å². The van der Waals surface area contributed by atoms with Gasteiger partial charge in [-0.2, -0.15) is 0 Å². The zero-order valence-electron chi connectivity index (χ0n) is 13.1. The number of hydrogen-bond acceptors (Lipinski definition) is 3. The van der Waals surface area contributed by atoms with Crippen molar-refractivity contribution in [1.29, 1.82) is 0 Å². The first-order valence-corrected chi connectivity index (χ1v) is 7.73. The summed E-state index contributed by atoms with van der Waals surface area (Å²) in [5.74, 6) is 0.657. The number of carbonyl (C=O) groups excluding carboxylic acids is 2. The highest BCUT2D eigenvalue weighted by atomic mass is 16.5. The van der Waals surface area contributed by atoms with Crippen LogP contribution in [-0.2, 0) is 14.3 Å². The molecule has 2 aliphatic carbocycles. The molecule has 0 aliphatic heterocycles. The van der Waals surface area contributed by atoms with Crippen molar-refractivity contribution in [2.75, 3.05) is 6.61 Å². The largest absolute Gasteiger partial charge is 0.466 e. The molecule has 3 heteroatoms. The Kier molecular flexibility index (Phi) is 4.36. The first kappa shape index (κ1) is 15.3. The number of ketones is 1. The van der Waals surface area contributed by atoms with Crippen LogP contribution in [0.2, 0.25) is 0 Å². The van der Waals surface area contributed by atoms with E-state index in [1.54, 1.807) is 0 Å². The number of rotatable bonds is 3. The molecule has 0 amide bonds. The molecule has 20 heavy (non-hydrogen) atoms. The van der Waals surface area contributed by atoms with Gasteiger partial charge in [0.1, 0.15) is 5.78 Å². The second-order valence-electron chi connectivity index (χ2n) is 6.71. The van der Waals surface area contributed by atoms with Crippen LogP contribution in [0, 0.1) is 23.2 Å². The predicted octanol–water partition coefficient (Wildman–Crippen LogP) is 3.53. The molecule has 0 aromatic carbocycles. The molecule has 0 aromatic rings. The molecule has 2 aliphatic rings. The van der Waals surface area contributed by atoms with Crippen LogP contribution >= 0.6 is 0 Å². The third-order valence-electron chi connectivity index (χ3n) is 5.46. The summed E-state index contributed by atoms with van der Waals surface area (Å²) in [5.41, 5.74) is 1.41. The van der Waals surface area contributed by atoms with Crippen LogP contribution in [0.15, 0.2) is 11.6 Å². The van der Waals surface area contributed by atoms with Gasteiger partial charge in [0.25, 0.3) is 0 Å². The highest BCUT2D eigenvalue weighted by Crippen LogP contribution is 2.54. The Morgan fingerprint density at radius 2 is 2.20 bits per heavy atom. The third kappa shape index (κ3) is 2.55. The predicted molar refractivity (Wildman–Crippen MR) is 78.1 cm³/mol. The van der Waals surface area contributed by atoms with Crippen molar-refractivity contribution in [3.8, 4) is 0 Å². The van der Waals surface area contributed by atoms with Crippen molar-refractivity contribution < 1.29 is 14.3 Å². The van der Waals surface area contributed by atoms with E-state index < -0.39 is 0 Å². The van der Waals surface area contributed by atoms with Gasteiger partial charge in [0, 0.05) is 30.6 Å². The van der Waals surface area contributed by atoms with Gasteiger partial charge < -0.3 is 4.74 Å². The van der Waals surface area contributed by atoms with Gasteiger partial charge in [0.15, 0.2) is 0 Å². The van der Waals surface area contributed by atoms with E-state index in [0.29, 0.717) is 24.7 Å². The summed E-state index contributed by atoms with van der Waals surface area (Å²) in [6.45, 7) is 8.32. The standard InChI is InChI=1S/C17H26O3/c1-11(10-20-13(3)18)16-15(19)9-8-14-7-5-6-12(2)17(14,16)4/h7,11-12,16H,5-6,8-10H2,1-4H3/t11-,12+,16+,17-/m1/s1. The van der Waals surface area contributed by atoms with Crippen LogP contribution in [0.1, 0.15) is 53.4 Å². The molecule has 0 aromatic heterocycles. The van der Waals surface area contributed by atoms with Gasteiger partial charge >= 0.3 is 5.97 Å². The first-order chi connectivity index (χ1) is 9.37. The summed E-state index contributed by atoms with van der Waals surface area (Å²) in [6.07, 6.45) is 6.17. The lowest BCUT2D eigenvalue weighted by Crippen LogP contribution is -2.48.